The van der Waals surface area contributed by atoms with Crippen molar-refractivity contribution in [3.63, 3.8) is 0 Å². The van der Waals surface area contributed by atoms with Crippen molar-refractivity contribution < 1.29 is 17.9 Å². The van der Waals surface area contributed by atoms with Gasteiger partial charge in [0.2, 0.25) is 10.0 Å². The van der Waals surface area contributed by atoms with Gasteiger partial charge in [-0.25, -0.2) is 13.1 Å². The van der Waals surface area contributed by atoms with Crippen molar-refractivity contribution in [1.82, 2.24) is 9.62 Å². The highest BCUT2D eigenvalue weighted by Gasteiger charge is 2.22. The topological polar surface area (TPSA) is 71.1 Å². The number of nitrogens with one attached hydrogen (secondary N) is 1. The minimum Gasteiger partial charge on any atom is -0.496 e. The second-order valence-electron chi connectivity index (χ2n) is 8.24. The van der Waals surface area contributed by atoms with Gasteiger partial charge in [-0.2, -0.15) is 0 Å². The molecule has 0 radical (unpaired) electrons. The van der Waals surface area contributed by atoms with Gasteiger partial charge >= 0.3 is 0 Å². The van der Waals surface area contributed by atoms with Crippen molar-refractivity contribution in [2.75, 3.05) is 58.9 Å². The molecule has 1 aliphatic rings. The zero-order valence-corrected chi connectivity index (χ0v) is 20.2. The zero-order chi connectivity index (χ0) is 23.4. The lowest BCUT2D eigenvalue weighted by molar-refractivity contribution is 0.311. The number of methoxy groups -OCH3 is 2. The van der Waals surface area contributed by atoms with E-state index >= 15 is 0 Å². The summed E-state index contributed by atoms with van der Waals surface area (Å²) in [6, 6.07) is 17.0. The maximum absolute atomic E-state index is 13.1. The summed E-state index contributed by atoms with van der Waals surface area (Å²) >= 11 is 0. The van der Waals surface area contributed by atoms with Gasteiger partial charge in [-0.3, -0.25) is 0 Å². The van der Waals surface area contributed by atoms with Crippen LogP contribution in [-0.2, 0) is 16.4 Å². The standard InChI is InChI=1S/C25H31N3O4S/c1-27-14-16-28(17-15-27)23-18-20(9-11-25(23)32-3)33(29,30)26-13-12-19-8-10-24(31-2)22-7-5-4-6-21(19)22/h4-11,18,26H,12-17H2,1-3H3. The van der Waals surface area contributed by atoms with Crippen LogP contribution in [0.5, 0.6) is 11.5 Å². The minimum atomic E-state index is -3.66. The second-order valence-corrected chi connectivity index (χ2v) is 10.0. The molecule has 7 nitrogen and oxygen atoms in total. The molecule has 1 N–H and O–H groups in total. The first-order valence-electron chi connectivity index (χ1n) is 11.1. The summed E-state index contributed by atoms with van der Waals surface area (Å²) < 4.78 is 39.9. The summed E-state index contributed by atoms with van der Waals surface area (Å²) in [6.07, 6.45) is 0.575. The molecule has 1 saturated heterocycles. The molecular weight excluding hydrogens is 438 g/mol. The number of ether oxygens (including phenoxy) is 2. The largest absolute Gasteiger partial charge is 0.496 e. The Morgan fingerprint density at radius 1 is 0.879 bits per heavy atom. The third kappa shape index (κ3) is 5.08. The van der Waals surface area contributed by atoms with E-state index in [1.165, 1.54) is 0 Å². The van der Waals surface area contributed by atoms with Crippen LogP contribution in [0, 0.1) is 0 Å². The number of fused-ring (bicyclic) bond motifs is 1. The number of hydrogen-bond acceptors (Lipinski definition) is 6. The summed E-state index contributed by atoms with van der Waals surface area (Å²) in [5, 5.41) is 2.09. The average Bonchev–Trinajstić information content (AvgIpc) is 2.84. The first-order chi connectivity index (χ1) is 15.9. The number of sulfonamides is 1. The average molecular weight is 470 g/mol. The Kier molecular flexibility index (Phi) is 7.07. The summed E-state index contributed by atoms with van der Waals surface area (Å²) in [6.45, 7) is 3.81. The van der Waals surface area contributed by atoms with Crippen LogP contribution in [0.1, 0.15) is 5.56 Å². The van der Waals surface area contributed by atoms with Gasteiger partial charge in [0.05, 0.1) is 24.8 Å². The maximum Gasteiger partial charge on any atom is 0.240 e. The predicted octanol–water partition coefficient (Wildman–Crippen LogP) is 3.13. The SMILES string of the molecule is COc1ccc(S(=O)(=O)NCCc2ccc(OC)c3ccccc23)cc1N1CCN(C)CC1. The third-order valence-electron chi connectivity index (χ3n) is 6.19. The lowest BCUT2D eigenvalue weighted by atomic mass is 10.0. The normalized spacial score (nSPS) is 15.1. The molecule has 176 valence electrons. The van der Waals surface area contributed by atoms with Crippen molar-refractivity contribution in [2.24, 2.45) is 0 Å². The highest BCUT2D eigenvalue weighted by Crippen LogP contribution is 2.32. The molecule has 3 aromatic rings. The number of hydrogen-bond donors (Lipinski definition) is 1. The fraction of sp³-hybridized carbons (Fsp3) is 0.360. The van der Waals surface area contributed by atoms with E-state index in [2.05, 4.69) is 21.6 Å². The molecule has 0 atom stereocenters. The molecular formula is C25H31N3O4S. The van der Waals surface area contributed by atoms with Crippen LogP contribution in [0.25, 0.3) is 10.8 Å². The van der Waals surface area contributed by atoms with Gasteiger partial charge in [0.15, 0.2) is 0 Å². The fourth-order valence-corrected chi connectivity index (χ4v) is 5.32. The molecule has 0 spiro atoms. The molecule has 1 heterocycles. The summed E-state index contributed by atoms with van der Waals surface area (Å²) in [4.78, 5) is 4.69. The molecule has 1 aliphatic heterocycles. The van der Waals surface area contributed by atoms with Crippen LogP contribution >= 0.6 is 0 Å². The van der Waals surface area contributed by atoms with Crippen LogP contribution < -0.4 is 19.1 Å². The van der Waals surface area contributed by atoms with Crippen molar-refractivity contribution in [2.45, 2.75) is 11.3 Å². The lowest BCUT2D eigenvalue weighted by Crippen LogP contribution is -2.44. The Hall–Kier alpha value is -2.81. The van der Waals surface area contributed by atoms with E-state index in [4.69, 9.17) is 9.47 Å². The number of anilines is 1. The van der Waals surface area contributed by atoms with Crippen LogP contribution in [0.4, 0.5) is 5.69 Å². The van der Waals surface area contributed by atoms with E-state index in [1.807, 2.05) is 36.4 Å². The quantitative estimate of drug-likeness (QED) is 0.547. The van der Waals surface area contributed by atoms with Crippen LogP contribution in [0.15, 0.2) is 59.5 Å². The molecule has 0 bridgehead atoms. The molecule has 0 aliphatic carbocycles. The van der Waals surface area contributed by atoms with E-state index in [-0.39, 0.29) is 4.90 Å². The zero-order valence-electron chi connectivity index (χ0n) is 19.4. The molecule has 4 rings (SSSR count). The van der Waals surface area contributed by atoms with E-state index in [1.54, 1.807) is 32.4 Å². The number of rotatable bonds is 8. The Labute approximate surface area is 196 Å². The van der Waals surface area contributed by atoms with E-state index in [9.17, 15) is 8.42 Å². The summed E-state index contributed by atoms with van der Waals surface area (Å²) in [7, 11) is 1.69. The van der Waals surface area contributed by atoms with E-state index < -0.39 is 10.0 Å². The number of nitrogens with zero attached hydrogens (tertiary/aromatic N) is 2. The van der Waals surface area contributed by atoms with Gasteiger partial charge in [0, 0.05) is 38.1 Å². The van der Waals surface area contributed by atoms with Gasteiger partial charge in [-0.05, 0) is 48.7 Å². The smallest absolute Gasteiger partial charge is 0.240 e. The highest BCUT2D eigenvalue weighted by atomic mass is 32.2. The van der Waals surface area contributed by atoms with Crippen LogP contribution in [-0.4, -0.2) is 67.3 Å². The molecule has 0 amide bonds. The molecule has 1 fully saturated rings. The van der Waals surface area contributed by atoms with Crippen molar-refractivity contribution >= 4 is 26.5 Å². The number of piperazine rings is 1. The fourth-order valence-electron chi connectivity index (χ4n) is 4.26. The molecule has 0 saturated carbocycles. The minimum absolute atomic E-state index is 0.247. The maximum atomic E-state index is 13.1. The molecule has 0 unspecified atom stereocenters. The predicted molar refractivity (Wildman–Crippen MR) is 132 cm³/mol. The van der Waals surface area contributed by atoms with Gasteiger partial charge < -0.3 is 19.3 Å². The van der Waals surface area contributed by atoms with Crippen molar-refractivity contribution in [3.8, 4) is 11.5 Å². The summed E-state index contributed by atoms with van der Waals surface area (Å²) in [5.74, 6) is 1.49. The summed E-state index contributed by atoms with van der Waals surface area (Å²) in [5.41, 5.74) is 1.89. The number of likely N-dealkylation sites (N-methyl/N-ethyl adjacent to an activating group) is 1. The Morgan fingerprint density at radius 2 is 1.55 bits per heavy atom. The Balaban J connectivity index is 1.50. The lowest BCUT2D eigenvalue weighted by Gasteiger charge is -2.34. The second kappa shape index (κ2) is 9.99. The van der Waals surface area contributed by atoms with Crippen molar-refractivity contribution in [3.05, 3.63) is 60.2 Å². The van der Waals surface area contributed by atoms with E-state index in [0.717, 1.165) is 54.0 Å². The van der Waals surface area contributed by atoms with Crippen LogP contribution in [0.3, 0.4) is 0 Å². The Morgan fingerprint density at radius 3 is 2.24 bits per heavy atom. The van der Waals surface area contributed by atoms with Gasteiger partial charge in [-0.15, -0.1) is 0 Å². The van der Waals surface area contributed by atoms with Gasteiger partial charge in [-0.1, -0.05) is 30.3 Å². The molecule has 3 aromatic carbocycles. The Bertz CT molecular complexity index is 1220. The molecule has 33 heavy (non-hydrogen) atoms. The van der Waals surface area contributed by atoms with E-state index in [0.29, 0.717) is 18.7 Å². The van der Waals surface area contributed by atoms with Crippen molar-refractivity contribution in [1.29, 1.82) is 0 Å². The molecule has 8 heteroatoms. The van der Waals surface area contributed by atoms with Gasteiger partial charge in [0.25, 0.3) is 0 Å². The molecule has 0 aromatic heterocycles. The number of benzene rings is 3. The first kappa shape index (κ1) is 23.4. The van der Waals surface area contributed by atoms with Crippen LogP contribution in [0.2, 0.25) is 0 Å². The third-order valence-corrected chi connectivity index (χ3v) is 7.64. The first-order valence-corrected chi connectivity index (χ1v) is 12.6. The monoisotopic (exact) mass is 469 g/mol. The highest BCUT2D eigenvalue weighted by molar-refractivity contribution is 7.89. The van der Waals surface area contributed by atoms with Gasteiger partial charge in [0.1, 0.15) is 11.5 Å².